The van der Waals surface area contributed by atoms with Gasteiger partial charge in [-0.15, -0.1) is 0 Å². The second-order valence-corrected chi connectivity index (χ2v) is 8.17. The van der Waals surface area contributed by atoms with Crippen molar-refractivity contribution in [3.8, 4) is 5.75 Å². The Morgan fingerprint density at radius 3 is 2.38 bits per heavy atom. The van der Waals surface area contributed by atoms with E-state index in [1.54, 1.807) is 25.3 Å². The lowest BCUT2D eigenvalue weighted by atomic mass is 9.98. The topological polar surface area (TPSA) is 99.9 Å². The molecule has 1 rings (SSSR count). The number of amides is 1. The molecule has 1 aromatic rings. The SMILES string of the molecule is CCC(C)(CCOC)OCCC(C)(C)NC(=O)COc1ccc(C(C)=O)c(N)c1. The molecule has 0 saturated carbocycles. The smallest absolute Gasteiger partial charge is 0.258 e. The molecule has 0 saturated heterocycles. The van der Waals surface area contributed by atoms with Crippen molar-refractivity contribution in [2.24, 2.45) is 0 Å². The molecule has 3 N–H and O–H groups in total. The fraction of sp³-hybridized carbons (Fsp3) is 0.636. The Kier molecular flexibility index (Phi) is 9.59. The Morgan fingerprint density at radius 2 is 1.83 bits per heavy atom. The highest BCUT2D eigenvalue weighted by Gasteiger charge is 2.25. The highest BCUT2D eigenvalue weighted by atomic mass is 16.5. The van der Waals surface area contributed by atoms with Gasteiger partial charge in [0.15, 0.2) is 12.4 Å². The molecule has 7 heteroatoms. The summed E-state index contributed by atoms with van der Waals surface area (Å²) in [6.45, 7) is 10.6. The van der Waals surface area contributed by atoms with Crippen LogP contribution in [-0.2, 0) is 14.3 Å². The molecule has 164 valence electrons. The lowest BCUT2D eigenvalue weighted by Crippen LogP contribution is -2.46. The van der Waals surface area contributed by atoms with Gasteiger partial charge in [-0.3, -0.25) is 9.59 Å². The lowest BCUT2D eigenvalue weighted by molar-refractivity contribution is -0.125. The molecule has 29 heavy (non-hydrogen) atoms. The number of carbonyl (C=O) groups is 2. The molecule has 0 aliphatic rings. The first-order chi connectivity index (χ1) is 13.5. The Balaban J connectivity index is 2.47. The molecule has 1 unspecified atom stereocenters. The van der Waals surface area contributed by atoms with E-state index in [2.05, 4.69) is 19.2 Å². The van der Waals surface area contributed by atoms with E-state index in [0.717, 1.165) is 12.8 Å². The number of Topliss-reactive ketones (excluding diaryl/α,β-unsaturated/α-hetero) is 1. The average molecular weight is 409 g/mol. The third-order valence-electron chi connectivity index (χ3n) is 5.01. The van der Waals surface area contributed by atoms with Crippen molar-refractivity contribution in [2.45, 2.75) is 65.0 Å². The first-order valence-electron chi connectivity index (χ1n) is 9.99. The van der Waals surface area contributed by atoms with Gasteiger partial charge in [-0.2, -0.15) is 0 Å². The van der Waals surface area contributed by atoms with Crippen LogP contribution in [0.15, 0.2) is 18.2 Å². The molecule has 0 spiro atoms. The minimum Gasteiger partial charge on any atom is -0.484 e. The minimum atomic E-state index is -0.437. The number of hydrogen-bond acceptors (Lipinski definition) is 6. The number of nitrogen functional groups attached to an aromatic ring is 1. The number of nitrogens with two attached hydrogens (primary N) is 1. The van der Waals surface area contributed by atoms with Gasteiger partial charge in [-0.1, -0.05) is 6.92 Å². The fourth-order valence-electron chi connectivity index (χ4n) is 2.80. The second-order valence-electron chi connectivity index (χ2n) is 8.17. The standard InChI is InChI=1S/C22H36N2O5/c1-7-22(5,11-12-27-6)29-13-10-21(3,4)24-20(26)15-28-17-8-9-18(16(2)25)19(23)14-17/h8-9,14H,7,10-13,15,23H2,1-6H3,(H,24,26). The summed E-state index contributed by atoms with van der Waals surface area (Å²) in [6, 6.07) is 4.78. The van der Waals surface area contributed by atoms with Crippen LogP contribution in [0, 0.1) is 0 Å². The third-order valence-corrected chi connectivity index (χ3v) is 5.01. The number of hydrogen-bond donors (Lipinski definition) is 2. The first kappa shape index (κ1) is 24.9. The summed E-state index contributed by atoms with van der Waals surface area (Å²) in [6.07, 6.45) is 2.39. The molecule has 0 aliphatic heterocycles. The number of anilines is 1. The molecule has 1 aromatic carbocycles. The van der Waals surface area contributed by atoms with Gasteiger partial charge >= 0.3 is 0 Å². The zero-order valence-electron chi connectivity index (χ0n) is 18.6. The predicted octanol–water partition coefficient (Wildman–Crippen LogP) is 3.36. The van der Waals surface area contributed by atoms with Gasteiger partial charge in [-0.05, 0) is 59.1 Å². The monoisotopic (exact) mass is 408 g/mol. The average Bonchev–Trinajstić information content (AvgIpc) is 2.64. The molecule has 0 radical (unpaired) electrons. The van der Waals surface area contributed by atoms with Crippen LogP contribution in [0.2, 0.25) is 0 Å². The van der Waals surface area contributed by atoms with E-state index in [1.807, 2.05) is 13.8 Å². The molecule has 0 aromatic heterocycles. The zero-order chi connectivity index (χ0) is 22.1. The minimum absolute atomic E-state index is 0.114. The van der Waals surface area contributed by atoms with Crippen molar-refractivity contribution in [1.29, 1.82) is 0 Å². The highest BCUT2D eigenvalue weighted by Crippen LogP contribution is 2.22. The van der Waals surface area contributed by atoms with Crippen LogP contribution in [0.3, 0.4) is 0 Å². The van der Waals surface area contributed by atoms with Crippen molar-refractivity contribution >= 4 is 17.4 Å². The van der Waals surface area contributed by atoms with Gasteiger partial charge in [0.1, 0.15) is 5.75 Å². The summed E-state index contributed by atoms with van der Waals surface area (Å²) in [5, 5.41) is 2.96. The van der Waals surface area contributed by atoms with Crippen molar-refractivity contribution in [2.75, 3.05) is 32.7 Å². The first-order valence-corrected chi connectivity index (χ1v) is 9.99. The number of ether oxygens (including phenoxy) is 3. The third kappa shape index (κ3) is 8.83. The molecule has 0 bridgehead atoms. The number of nitrogens with one attached hydrogen (secondary N) is 1. The molecule has 0 fully saturated rings. The number of carbonyl (C=O) groups excluding carboxylic acids is 2. The number of methoxy groups -OCH3 is 1. The summed E-state index contributed by atoms with van der Waals surface area (Å²) < 4.78 is 16.7. The Hall–Kier alpha value is -2.12. The van der Waals surface area contributed by atoms with E-state index in [1.165, 1.54) is 6.92 Å². The number of rotatable bonds is 13. The summed E-state index contributed by atoms with van der Waals surface area (Å²) in [5.74, 6) is 0.0969. The van der Waals surface area contributed by atoms with Gasteiger partial charge in [0.2, 0.25) is 0 Å². The molecule has 1 atom stereocenters. The van der Waals surface area contributed by atoms with Crippen molar-refractivity contribution in [1.82, 2.24) is 5.32 Å². The number of benzene rings is 1. The Bertz CT molecular complexity index is 690. The molecule has 0 aliphatic carbocycles. The van der Waals surface area contributed by atoms with E-state index in [0.29, 0.717) is 36.6 Å². The number of ketones is 1. The summed E-state index contributed by atoms with van der Waals surface area (Å²) in [5.41, 5.74) is 5.94. The normalized spacial score (nSPS) is 13.6. The summed E-state index contributed by atoms with van der Waals surface area (Å²) >= 11 is 0. The van der Waals surface area contributed by atoms with E-state index in [-0.39, 0.29) is 23.9 Å². The van der Waals surface area contributed by atoms with Crippen molar-refractivity contribution < 1.29 is 23.8 Å². The second kappa shape index (κ2) is 11.2. The van der Waals surface area contributed by atoms with Crippen LogP contribution in [0.4, 0.5) is 5.69 Å². The van der Waals surface area contributed by atoms with E-state index in [4.69, 9.17) is 19.9 Å². The Morgan fingerprint density at radius 1 is 1.14 bits per heavy atom. The molecule has 1 amide bonds. The van der Waals surface area contributed by atoms with Crippen LogP contribution in [0.1, 0.15) is 64.2 Å². The maximum atomic E-state index is 12.3. The summed E-state index contributed by atoms with van der Waals surface area (Å²) in [7, 11) is 1.68. The quantitative estimate of drug-likeness (QED) is 0.383. The Labute approximate surface area is 174 Å². The molecule has 0 heterocycles. The maximum absolute atomic E-state index is 12.3. The van der Waals surface area contributed by atoms with E-state index in [9.17, 15) is 9.59 Å². The van der Waals surface area contributed by atoms with E-state index < -0.39 is 5.54 Å². The van der Waals surface area contributed by atoms with Gasteiger partial charge in [0.25, 0.3) is 5.91 Å². The van der Waals surface area contributed by atoms with Crippen molar-refractivity contribution in [3.05, 3.63) is 23.8 Å². The zero-order valence-corrected chi connectivity index (χ0v) is 18.6. The van der Waals surface area contributed by atoms with Gasteiger partial charge in [0.05, 0.1) is 5.60 Å². The van der Waals surface area contributed by atoms with Crippen molar-refractivity contribution in [3.63, 3.8) is 0 Å². The summed E-state index contributed by atoms with van der Waals surface area (Å²) in [4.78, 5) is 23.7. The van der Waals surface area contributed by atoms with Crippen LogP contribution in [-0.4, -0.2) is 49.8 Å². The molecule has 7 nitrogen and oxygen atoms in total. The molecular formula is C22H36N2O5. The lowest BCUT2D eigenvalue weighted by Gasteiger charge is -2.32. The van der Waals surface area contributed by atoms with Gasteiger partial charge < -0.3 is 25.3 Å². The maximum Gasteiger partial charge on any atom is 0.258 e. The van der Waals surface area contributed by atoms with Gasteiger partial charge in [-0.25, -0.2) is 0 Å². The van der Waals surface area contributed by atoms with E-state index >= 15 is 0 Å². The molecular weight excluding hydrogens is 372 g/mol. The fourth-order valence-corrected chi connectivity index (χ4v) is 2.80. The van der Waals surface area contributed by atoms with Crippen LogP contribution < -0.4 is 15.8 Å². The highest BCUT2D eigenvalue weighted by molar-refractivity contribution is 5.99. The van der Waals surface area contributed by atoms with Crippen LogP contribution in [0.5, 0.6) is 5.75 Å². The van der Waals surface area contributed by atoms with Gasteiger partial charge in [0, 0.05) is 43.2 Å². The largest absolute Gasteiger partial charge is 0.484 e. The predicted molar refractivity (Wildman–Crippen MR) is 114 cm³/mol. The van der Waals surface area contributed by atoms with Crippen LogP contribution >= 0.6 is 0 Å². The van der Waals surface area contributed by atoms with Crippen LogP contribution in [0.25, 0.3) is 0 Å².